The van der Waals surface area contributed by atoms with Gasteiger partial charge in [-0.05, 0) is 31.2 Å². The van der Waals surface area contributed by atoms with Gasteiger partial charge in [0.05, 0.1) is 11.9 Å². The number of aryl methyl sites for hydroxylation is 1. The second-order valence-electron chi connectivity index (χ2n) is 5.02. The van der Waals surface area contributed by atoms with E-state index in [1.54, 1.807) is 0 Å². The summed E-state index contributed by atoms with van der Waals surface area (Å²) in [7, 11) is -3.31. The molecule has 0 bridgehead atoms. The molecule has 1 saturated carbocycles. The molecule has 1 aliphatic rings. The fraction of sp³-hybridized carbons (Fsp3) is 0.571. The quantitative estimate of drug-likeness (QED) is 0.782. The van der Waals surface area contributed by atoms with Crippen LogP contribution in [0.2, 0.25) is 0 Å². The van der Waals surface area contributed by atoms with E-state index in [9.17, 15) is 8.42 Å². The van der Waals surface area contributed by atoms with Crippen molar-refractivity contribution in [2.45, 2.75) is 44.6 Å². The van der Waals surface area contributed by atoms with Crippen LogP contribution in [0.1, 0.15) is 37.7 Å². The fourth-order valence-electron chi connectivity index (χ4n) is 2.30. The van der Waals surface area contributed by atoms with Gasteiger partial charge in [0, 0.05) is 0 Å². The van der Waals surface area contributed by atoms with Crippen molar-refractivity contribution in [1.29, 1.82) is 0 Å². The summed E-state index contributed by atoms with van der Waals surface area (Å²) in [6.07, 6.45) is 5.59. The minimum atomic E-state index is -3.31. The summed E-state index contributed by atoms with van der Waals surface area (Å²) in [4.78, 5) is 7.49. The Bertz CT molecular complexity index is 467. The molecule has 4 nitrogen and oxygen atoms in total. The standard InChI is InChI=1S/C14H21NO3S/c16-19(17,15-18-14-10-4-5-11-14)12-6-9-13-7-2-1-3-8-13/h1-3,7-8,14-15H,4-6,9-12H2. The molecular formula is C14H21NO3S. The monoisotopic (exact) mass is 283 g/mol. The Morgan fingerprint density at radius 2 is 1.84 bits per heavy atom. The molecule has 0 saturated heterocycles. The maximum atomic E-state index is 11.7. The van der Waals surface area contributed by atoms with E-state index in [4.69, 9.17) is 4.84 Å². The lowest BCUT2D eigenvalue weighted by Crippen LogP contribution is -2.30. The number of sulfonamides is 1. The SMILES string of the molecule is O=S(=O)(CCCc1ccccc1)NOC1CCCC1. The summed E-state index contributed by atoms with van der Waals surface area (Å²) in [5, 5.41) is 0. The van der Waals surface area contributed by atoms with Gasteiger partial charge in [0.2, 0.25) is 10.0 Å². The van der Waals surface area contributed by atoms with Crippen molar-refractivity contribution in [2.75, 3.05) is 5.75 Å². The van der Waals surface area contributed by atoms with Crippen LogP contribution in [0.5, 0.6) is 0 Å². The van der Waals surface area contributed by atoms with E-state index in [0.717, 1.165) is 37.7 Å². The lowest BCUT2D eigenvalue weighted by atomic mass is 10.1. The van der Waals surface area contributed by atoms with Gasteiger partial charge in [-0.15, -0.1) is 0 Å². The van der Waals surface area contributed by atoms with Crippen LogP contribution in [0.4, 0.5) is 0 Å². The van der Waals surface area contributed by atoms with E-state index in [0.29, 0.717) is 6.42 Å². The predicted molar refractivity (Wildman–Crippen MR) is 75.0 cm³/mol. The Hall–Kier alpha value is -0.910. The number of rotatable bonds is 7. The Balaban J connectivity index is 1.68. The van der Waals surface area contributed by atoms with Crippen LogP contribution < -0.4 is 4.89 Å². The molecular weight excluding hydrogens is 262 g/mol. The highest BCUT2D eigenvalue weighted by molar-refractivity contribution is 7.89. The molecule has 2 rings (SSSR count). The normalized spacial score (nSPS) is 16.8. The predicted octanol–water partition coefficient (Wildman–Crippen LogP) is 2.41. The van der Waals surface area contributed by atoms with Crippen molar-refractivity contribution < 1.29 is 13.3 Å². The van der Waals surface area contributed by atoms with Crippen LogP contribution in [0.25, 0.3) is 0 Å². The van der Waals surface area contributed by atoms with E-state index < -0.39 is 10.0 Å². The molecule has 1 aliphatic carbocycles. The molecule has 0 unspecified atom stereocenters. The first-order valence-electron chi connectivity index (χ1n) is 6.85. The van der Waals surface area contributed by atoms with Gasteiger partial charge in [-0.3, -0.25) is 4.84 Å². The van der Waals surface area contributed by atoms with E-state index in [-0.39, 0.29) is 11.9 Å². The van der Waals surface area contributed by atoms with Crippen molar-refractivity contribution in [1.82, 2.24) is 4.89 Å². The summed E-state index contributed by atoms with van der Waals surface area (Å²) >= 11 is 0. The number of hydrogen-bond acceptors (Lipinski definition) is 3. The molecule has 0 aromatic heterocycles. The van der Waals surface area contributed by atoms with Crippen molar-refractivity contribution in [3.8, 4) is 0 Å². The third-order valence-corrected chi connectivity index (χ3v) is 4.54. The molecule has 0 spiro atoms. The van der Waals surface area contributed by atoms with Gasteiger partial charge in [-0.1, -0.05) is 48.1 Å². The summed E-state index contributed by atoms with van der Waals surface area (Å²) in [5.74, 6) is 0.106. The topological polar surface area (TPSA) is 55.4 Å². The average molecular weight is 283 g/mol. The zero-order chi connectivity index (χ0) is 13.6. The van der Waals surface area contributed by atoms with E-state index in [1.165, 1.54) is 0 Å². The fourth-order valence-corrected chi connectivity index (χ4v) is 3.19. The molecule has 5 heteroatoms. The van der Waals surface area contributed by atoms with Crippen LogP contribution in [-0.4, -0.2) is 20.3 Å². The highest BCUT2D eigenvalue weighted by Crippen LogP contribution is 2.20. The maximum absolute atomic E-state index is 11.7. The summed E-state index contributed by atoms with van der Waals surface area (Å²) < 4.78 is 23.5. The smallest absolute Gasteiger partial charge is 0.233 e. The zero-order valence-corrected chi connectivity index (χ0v) is 11.9. The van der Waals surface area contributed by atoms with Crippen molar-refractivity contribution in [3.05, 3.63) is 35.9 Å². The Labute approximate surface area is 115 Å². The molecule has 0 aliphatic heterocycles. The highest BCUT2D eigenvalue weighted by atomic mass is 32.2. The Morgan fingerprint density at radius 3 is 2.53 bits per heavy atom. The largest absolute Gasteiger partial charge is 0.284 e. The van der Waals surface area contributed by atoms with Crippen LogP contribution in [0.3, 0.4) is 0 Å². The Kier molecular flexibility index (Phi) is 5.36. The third kappa shape index (κ3) is 5.30. The van der Waals surface area contributed by atoms with Gasteiger partial charge in [-0.25, -0.2) is 8.42 Å². The number of benzene rings is 1. The molecule has 1 N–H and O–H groups in total. The molecule has 0 heterocycles. The second-order valence-corrected chi connectivity index (χ2v) is 6.82. The lowest BCUT2D eigenvalue weighted by molar-refractivity contribution is 0.0223. The maximum Gasteiger partial charge on any atom is 0.233 e. The molecule has 1 aromatic rings. The minimum absolute atomic E-state index is 0.0592. The summed E-state index contributed by atoms with van der Waals surface area (Å²) in [6, 6.07) is 9.90. The van der Waals surface area contributed by atoms with E-state index >= 15 is 0 Å². The van der Waals surface area contributed by atoms with Gasteiger partial charge in [0.25, 0.3) is 0 Å². The lowest BCUT2D eigenvalue weighted by Gasteiger charge is -2.11. The zero-order valence-electron chi connectivity index (χ0n) is 11.0. The van der Waals surface area contributed by atoms with Gasteiger partial charge < -0.3 is 0 Å². The minimum Gasteiger partial charge on any atom is -0.284 e. The van der Waals surface area contributed by atoms with Crippen LogP contribution in [0.15, 0.2) is 30.3 Å². The van der Waals surface area contributed by atoms with E-state index in [1.807, 2.05) is 30.3 Å². The highest BCUT2D eigenvalue weighted by Gasteiger charge is 2.18. The molecule has 0 atom stereocenters. The number of hydrogen-bond donors (Lipinski definition) is 1. The molecule has 106 valence electrons. The van der Waals surface area contributed by atoms with E-state index in [2.05, 4.69) is 4.89 Å². The van der Waals surface area contributed by atoms with Crippen LogP contribution in [0, 0.1) is 0 Å². The summed E-state index contributed by atoms with van der Waals surface area (Å²) in [5.41, 5.74) is 1.16. The molecule has 0 amide bonds. The van der Waals surface area contributed by atoms with Crippen LogP contribution >= 0.6 is 0 Å². The van der Waals surface area contributed by atoms with Gasteiger partial charge in [-0.2, -0.15) is 0 Å². The van der Waals surface area contributed by atoms with Crippen molar-refractivity contribution >= 4 is 10.0 Å². The Morgan fingerprint density at radius 1 is 1.16 bits per heavy atom. The molecule has 1 fully saturated rings. The van der Waals surface area contributed by atoms with Crippen LogP contribution in [-0.2, 0) is 21.3 Å². The van der Waals surface area contributed by atoms with Gasteiger partial charge in [0.1, 0.15) is 0 Å². The second kappa shape index (κ2) is 7.03. The van der Waals surface area contributed by atoms with Gasteiger partial charge >= 0.3 is 0 Å². The number of nitrogens with one attached hydrogen (secondary N) is 1. The first-order chi connectivity index (χ1) is 9.16. The average Bonchev–Trinajstić information content (AvgIpc) is 2.91. The summed E-state index contributed by atoms with van der Waals surface area (Å²) in [6.45, 7) is 0. The first-order valence-corrected chi connectivity index (χ1v) is 8.50. The first kappa shape index (κ1) is 14.5. The van der Waals surface area contributed by atoms with Crippen molar-refractivity contribution in [3.63, 3.8) is 0 Å². The molecule has 19 heavy (non-hydrogen) atoms. The molecule has 1 aromatic carbocycles. The van der Waals surface area contributed by atoms with Crippen molar-refractivity contribution in [2.24, 2.45) is 0 Å². The van der Waals surface area contributed by atoms with Gasteiger partial charge in [0.15, 0.2) is 0 Å². The third-order valence-electron chi connectivity index (χ3n) is 3.37. The molecule has 0 radical (unpaired) electrons.